The highest BCUT2D eigenvalue weighted by molar-refractivity contribution is 5.81. The van der Waals surface area contributed by atoms with Gasteiger partial charge in [0.05, 0.1) is 19.3 Å². The third-order valence-corrected chi connectivity index (χ3v) is 2.98. The van der Waals surface area contributed by atoms with Crippen LogP contribution in [0.3, 0.4) is 0 Å². The first-order valence-corrected chi connectivity index (χ1v) is 5.79. The maximum atomic E-state index is 11.4. The highest BCUT2D eigenvalue weighted by Crippen LogP contribution is 2.14. The molecule has 1 rings (SSSR count). The maximum absolute atomic E-state index is 11.4. The van der Waals surface area contributed by atoms with E-state index in [2.05, 4.69) is 24.1 Å². The van der Waals surface area contributed by atoms with Crippen LogP contribution >= 0.6 is 0 Å². The van der Waals surface area contributed by atoms with Gasteiger partial charge < -0.3 is 15.8 Å². The van der Waals surface area contributed by atoms with E-state index in [4.69, 9.17) is 10.5 Å². The van der Waals surface area contributed by atoms with Gasteiger partial charge in [0.25, 0.3) is 0 Å². The molecule has 1 atom stereocenters. The van der Waals surface area contributed by atoms with Crippen LogP contribution in [-0.2, 0) is 9.53 Å². The van der Waals surface area contributed by atoms with Gasteiger partial charge in [-0.25, -0.2) is 0 Å². The minimum atomic E-state index is -0.444. The van der Waals surface area contributed by atoms with E-state index in [1.807, 2.05) is 0 Å². The smallest absolute Gasteiger partial charge is 0.236 e. The van der Waals surface area contributed by atoms with Crippen molar-refractivity contribution in [1.82, 2.24) is 10.2 Å². The lowest BCUT2D eigenvalue weighted by atomic mass is 10.0. The van der Waals surface area contributed by atoms with E-state index in [9.17, 15) is 4.79 Å². The molecule has 0 radical (unpaired) electrons. The number of nitrogens with zero attached hydrogens (tertiary/aromatic N) is 1. The van der Waals surface area contributed by atoms with Crippen LogP contribution < -0.4 is 11.1 Å². The van der Waals surface area contributed by atoms with Gasteiger partial charge >= 0.3 is 0 Å². The second-order valence-electron chi connectivity index (χ2n) is 4.92. The van der Waals surface area contributed by atoms with E-state index >= 15 is 0 Å². The highest BCUT2D eigenvalue weighted by atomic mass is 16.5. The van der Waals surface area contributed by atoms with Crippen molar-refractivity contribution in [1.29, 1.82) is 0 Å². The van der Waals surface area contributed by atoms with Crippen molar-refractivity contribution in [2.75, 3.05) is 32.8 Å². The summed E-state index contributed by atoms with van der Waals surface area (Å²) in [6, 6.07) is -0.444. The largest absolute Gasteiger partial charge is 0.379 e. The number of hydrogen-bond donors (Lipinski definition) is 2. The topological polar surface area (TPSA) is 67.6 Å². The number of morpholine rings is 1. The molecular weight excluding hydrogens is 206 g/mol. The van der Waals surface area contributed by atoms with Gasteiger partial charge in [-0.3, -0.25) is 9.69 Å². The molecule has 0 saturated carbocycles. The summed E-state index contributed by atoms with van der Waals surface area (Å²) in [5.74, 6) is -0.0960. The van der Waals surface area contributed by atoms with Gasteiger partial charge in [-0.1, -0.05) is 0 Å². The molecule has 16 heavy (non-hydrogen) atoms. The molecule has 5 heteroatoms. The molecule has 1 fully saturated rings. The summed E-state index contributed by atoms with van der Waals surface area (Å²) in [7, 11) is 0. The molecule has 0 aromatic rings. The van der Waals surface area contributed by atoms with Crippen LogP contribution in [0.2, 0.25) is 0 Å². The van der Waals surface area contributed by atoms with Crippen LogP contribution in [0.1, 0.15) is 20.8 Å². The predicted octanol–water partition coefficient (Wildman–Crippen LogP) is -0.439. The Morgan fingerprint density at radius 3 is 2.56 bits per heavy atom. The van der Waals surface area contributed by atoms with Gasteiger partial charge in [0.15, 0.2) is 0 Å². The molecule has 1 aliphatic heterocycles. The van der Waals surface area contributed by atoms with Crippen molar-refractivity contribution < 1.29 is 9.53 Å². The number of carbonyl (C=O) groups excluding carboxylic acids is 1. The van der Waals surface area contributed by atoms with Gasteiger partial charge in [-0.15, -0.1) is 0 Å². The average molecular weight is 229 g/mol. The molecular formula is C11H23N3O2. The van der Waals surface area contributed by atoms with Gasteiger partial charge in [0.1, 0.15) is 0 Å². The summed E-state index contributed by atoms with van der Waals surface area (Å²) in [6.45, 7) is 9.93. The second-order valence-corrected chi connectivity index (χ2v) is 4.92. The van der Waals surface area contributed by atoms with Crippen molar-refractivity contribution in [3.8, 4) is 0 Å². The lowest BCUT2D eigenvalue weighted by molar-refractivity contribution is -0.122. The zero-order valence-electron chi connectivity index (χ0n) is 10.5. The van der Waals surface area contributed by atoms with Gasteiger partial charge in [0.2, 0.25) is 5.91 Å². The summed E-state index contributed by atoms with van der Waals surface area (Å²) >= 11 is 0. The lowest BCUT2D eigenvalue weighted by Gasteiger charge is -2.40. The summed E-state index contributed by atoms with van der Waals surface area (Å²) < 4.78 is 5.31. The van der Waals surface area contributed by atoms with Gasteiger partial charge in [0, 0.05) is 25.2 Å². The van der Waals surface area contributed by atoms with E-state index < -0.39 is 6.04 Å². The molecule has 3 N–H and O–H groups in total. The van der Waals surface area contributed by atoms with Crippen molar-refractivity contribution in [3.05, 3.63) is 0 Å². The first kappa shape index (κ1) is 13.4. The number of hydrogen-bond acceptors (Lipinski definition) is 4. The van der Waals surface area contributed by atoms with Crippen LogP contribution in [0, 0.1) is 0 Å². The fraction of sp³-hybridized carbons (Fsp3) is 0.909. The minimum absolute atomic E-state index is 0.0473. The lowest BCUT2D eigenvalue weighted by Crippen LogP contribution is -2.56. The monoisotopic (exact) mass is 229 g/mol. The number of ether oxygens (including phenoxy) is 1. The molecule has 0 spiro atoms. The van der Waals surface area contributed by atoms with E-state index in [1.54, 1.807) is 6.92 Å². The second kappa shape index (κ2) is 5.61. The molecule has 1 heterocycles. The number of nitrogens with one attached hydrogen (secondary N) is 1. The predicted molar refractivity (Wildman–Crippen MR) is 63.1 cm³/mol. The van der Waals surface area contributed by atoms with E-state index in [0.717, 1.165) is 26.3 Å². The normalized spacial score (nSPS) is 20.5. The fourth-order valence-electron chi connectivity index (χ4n) is 1.74. The zero-order valence-corrected chi connectivity index (χ0v) is 10.5. The molecule has 1 aliphatic rings. The molecule has 1 amide bonds. The number of nitrogens with two attached hydrogens (primary N) is 1. The van der Waals surface area contributed by atoms with Gasteiger partial charge in [-0.2, -0.15) is 0 Å². The molecule has 0 aromatic heterocycles. The average Bonchev–Trinajstić information content (AvgIpc) is 2.27. The van der Waals surface area contributed by atoms with E-state index in [1.165, 1.54) is 0 Å². The van der Waals surface area contributed by atoms with E-state index in [0.29, 0.717) is 6.54 Å². The standard InChI is InChI=1S/C11H23N3O2/c1-9(12)10(15)13-8-11(2,3)14-4-6-16-7-5-14/h9H,4-8,12H2,1-3H3,(H,13,15). The SMILES string of the molecule is CC(N)C(=O)NCC(C)(C)N1CCOCC1. The molecule has 5 nitrogen and oxygen atoms in total. The molecule has 1 saturated heterocycles. The Bertz CT molecular complexity index is 235. The Hall–Kier alpha value is -0.650. The third kappa shape index (κ3) is 3.73. The summed E-state index contributed by atoms with van der Waals surface area (Å²) in [5.41, 5.74) is 5.45. The van der Waals surface area contributed by atoms with Crippen LogP contribution in [0.25, 0.3) is 0 Å². The Balaban J connectivity index is 2.40. The van der Waals surface area contributed by atoms with Crippen molar-refractivity contribution in [2.45, 2.75) is 32.4 Å². The Morgan fingerprint density at radius 2 is 2.06 bits per heavy atom. The first-order chi connectivity index (χ1) is 7.43. The first-order valence-electron chi connectivity index (χ1n) is 5.79. The summed E-state index contributed by atoms with van der Waals surface area (Å²) in [5, 5.41) is 2.87. The summed E-state index contributed by atoms with van der Waals surface area (Å²) in [6.07, 6.45) is 0. The number of amides is 1. The Labute approximate surface area is 97.3 Å². The van der Waals surface area contributed by atoms with Crippen molar-refractivity contribution in [3.63, 3.8) is 0 Å². The van der Waals surface area contributed by atoms with Crippen LogP contribution in [0.15, 0.2) is 0 Å². The highest BCUT2D eigenvalue weighted by Gasteiger charge is 2.28. The van der Waals surface area contributed by atoms with E-state index in [-0.39, 0.29) is 11.4 Å². The molecule has 94 valence electrons. The van der Waals surface area contributed by atoms with Crippen LogP contribution in [0.4, 0.5) is 0 Å². The number of carbonyl (C=O) groups is 1. The third-order valence-electron chi connectivity index (χ3n) is 2.98. The van der Waals surface area contributed by atoms with Crippen molar-refractivity contribution in [2.24, 2.45) is 5.73 Å². The molecule has 1 unspecified atom stereocenters. The fourth-order valence-corrected chi connectivity index (χ4v) is 1.74. The molecule has 0 bridgehead atoms. The van der Waals surface area contributed by atoms with Crippen LogP contribution in [-0.4, -0.2) is 55.2 Å². The Kier molecular flexibility index (Phi) is 4.70. The minimum Gasteiger partial charge on any atom is -0.379 e. The maximum Gasteiger partial charge on any atom is 0.236 e. The number of rotatable bonds is 4. The Morgan fingerprint density at radius 1 is 1.50 bits per heavy atom. The van der Waals surface area contributed by atoms with Gasteiger partial charge in [-0.05, 0) is 20.8 Å². The van der Waals surface area contributed by atoms with Crippen LogP contribution in [0.5, 0.6) is 0 Å². The molecule has 0 aliphatic carbocycles. The quantitative estimate of drug-likeness (QED) is 0.686. The molecule has 0 aromatic carbocycles. The van der Waals surface area contributed by atoms with Crippen molar-refractivity contribution >= 4 is 5.91 Å². The zero-order chi connectivity index (χ0) is 12.2. The summed E-state index contributed by atoms with van der Waals surface area (Å²) in [4.78, 5) is 13.7.